The number of aliphatic hydroxyl groups excluding tert-OH is 2. The van der Waals surface area contributed by atoms with Gasteiger partial charge in [-0.2, -0.15) is 0 Å². The molecule has 0 amide bonds. The number of aliphatic hydroxyl groups is 2. The molecule has 0 saturated carbocycles. The molecule has 0 aliphatic rings. The van der Waals surface area contributed by atoms with Crippen LogP contribution in [0.4, 0.5) is 0 Å². The van der Waals surface area contributed by atoms with Crippen LogP contribution in [0.2, 0.25) is 0 Å². The van der Waals surface area contributed by atoms with Gasteiger partial charge in [-0.15, -0.1) is 0 Å². The summed E-state index contributed by atoms with van der Waals surface area (Å²) in [5, 5.41) is 18.6. The van der Waals surface area contributed by atoms with E-state index in [0.717, 1.165) is 13.0 Å². The Morgan fingerprint density at radius 3 is 1.93 bits per heavy atom. The molecule has 4 unspecified atom stereocenters. The Labute approximate surface area is 87.7 Å². The van der Waals surface area contributed by atoms with Crippen molar-refractivity contribution in [2.45, 2.75) is 52.4 Å². The van der Waals surface area contributed by atoms with Crippen LogP contribution in [0.3, 0.4) is 0 Å². The van der Waals surface area contributed by atoms with Crippen molar-refractivity contribution >= 4 is 0 Å². The van der Waals surface area contributed by atoms with Crippen LogP contribution in [0, 0.1) is 5.92 Å². The summed E-state index contributed by atoms with van der Waals surface area (Å²) in [6.07, 6.45) is 0.258. The molecule has 0 aromatic rings. The molecular formula is C11H25NO2. The van der Waals surface area contributed by atoms with E-state index in [1.54, 1.807) is 0 Å². The molecule has 0 bridgehead atoms. The molecule has 3 nitrogen and oxygen atoms in total. The van der Waals surface area contributed by atoms with Crippen LogP contribution in [0.15, 0.2) is 0 Å². The maximum atomic E-state index is 9.36. The average Bonchev–Trinajstić information content (AvgIpc) is 2.02. The van der Waals surface area contributed by atoms with Crippen molar-refractivity contribution in [1.29, 1.82) is 0 Å². The Balaban J connectivity index is 3.88. The minimum absolute atomic E-state index is 0.255. The Hall–Kier alpha value is -0.120. The van der Waals surface area contributed by atoms with Gasteiger partial charge in [-0.05, 0) is 40.2 Å². The predicted molar refractivity (Wildman–Crippen MR) is 59.2 cm³/mol. The van der Waals surface area contributed by atoms with Crippen LogP contribution in [0.25, 0.3) is 0 Å². The molecule has 0 spiro atoms. The molecule has 0 rings (SSSR count). The summed E-state index contributed by atoms with van der Waals surface area (Å²) in [7, 11) is 2.03. The first kappa shape index (κ1) is 13.9. The fourth-order valence-electron chi connectivity index (χ4n) is 1.46. The molecule has 0 aromatic carbocycles. The summed E-state index contributed by atoms with van der Waals surface area (Å²) >= 11 is 0. The second-order valence-electron chi connectivity index (χ2n) is 4.59. The third kappa shape index (κ3) is 5.58. The fraction of sp³-hybridized carbons (Fsp3) is 1.00. The molecule has 0 radical (unpaired) electrons. The van der Waals surface area contributed by atoms with Crippen LogP contribution in [-0.2, 0) is 0 Å². The molecule has 0 aliphatic carbocycles. The Morgan fingerprint density at radius 1 is 1.07 bits per heavy atom. The van der Waals surface area contributed by atoms with E-state index < -0.39 is 0 Å². The highest BCUT2D eigenvalue weighted by atomic mass is 16.3. The summed E-state index contributed by atoms with van der Waals surface area (Å²) in [5.41, 5.74) is 0. The number of rotatable bonds is 6. The second-order valence-corrected chi connectivity index (χ2v) is 4.59. The van der Waals surface area contributed by atoms with Gasteiger partial charge in [-0.1, -0.05) is 6.92 Å². The monoisotopic (exact) mass is 203 g/mol. The highest BCUT2D eigenvalue weighted by Gasteiger charge is 2.16. The molecule has 0 fully saturated rings. The van der Waals surface area contributed by atoms with Crippen LogP contribution in [0.1, 0.15) is 34.1 Å². The number of hydrogen-bond acceptors (Lipinski definition) is 3. The van der Waals surface area contributed by atoms with Gasteiger partial charge in [0, 0.05) is 12.6 Å². The van der Waals surface area contributed by atoms with Crippen molar-refractivity contribution in [2.24, 2.45) is 5.92 Å². The van der Waals surface area contributed by atoms with Crippen molar-refractivity contribution in [1.82, 2.24) is 4.90 Å². The summed E-state index contributed by atoms with van der Waals surface area (Å²) in [5.74, 6) is 0.274. The highest BCUT2D eigenvalue weighted by Crippen LogP contribution is 2.10. The summed E-state index contributed by atoms with van der Waals surface area (Å²) in [4.78, 5) is 2.18. The highest BCUT2D eigenvalue weighted by molar-refractivity contribution is 4.70. The van der Waals surface area contributed by atoms with E-state index in [4.69, 9.17) is 0 Å². The first-order valence-corrected chi connectivity index (χ1v) is 5.41. The van der Waals surface area contributed by atoms with Gasteiger partial charge in [-0.25, -0.2) is 0 Å². The van der Waals surface area contributed by atoms with E-state index >= 15 is 0 Å². The first-order valence-electron chi connectivity index (χ1n) is 5.41. The fourth-order valence-corrected chi connectivity index (χ4v) is 1.46. The molecular weight excluding hydrogens is 178 g/mol. The van der Waals surface area contributed by atoms with Gasteiger partial charge in [0.1, 0.15) is 0 Å². The molecule has 0 aliphatic heterocycles. The SMILES string of the molecule is CC(O)CC(C)N(C)CC(C)C(C)O. The molecule has 0 heterocycles. The lowest BCUT2D eigenvalue weighted by atomic mass is 10.0. The molecule has 86 valence electrons. The first-order chi connectivity index (χ1) is 6.34. The van der Waals surface area contributed by atoms with E-state index in [1.807, 2.05) is 27.8 Å². The molecule has 2 N–H and O–H groups in total. The van der Waals surface area contributed by atoms with Crippen molar-refractivity contribution in [3.63, 3.8) is 0 Å². The minimum Gasteiger partial charge on any atom is -0.393 e. The minimum atomic E-state index is -0.267. The average molecular weight is 203 g/mol. The topological polar surface area (TPSA) is 43.7 Å². The van der Waals surface area contributed by atoms with Gasteiger partial charge in [0.25, 0.3) is 0 Å². The summed E-state index contributed by atoms with van der Waals surface area (Å²) in [6.45, 7) is 8.63. The van der Waals surface area contributed by atoms with Gasteiger partial charge in [-0.3, -0.25) is 0 Å². The second kappa shape index (κ2) is 6.38. The Kier molecular flexibility index (Phi) is 6.33. The van der Waals surface area contributed by atoms with E-state index in [0.29, 0.717) is 6.04 Å². The summed E-state index contributed by atoms with van der Waals surface area (Å²) < 4.78 is 0. The zero-order chi connectivity index (χ0) is 11.3. The van der Waals surface area contributed by atoms with Crippen molar-refractivity contribution in [3.05, 3.63) is 0 Å². The molecule has 0 saturated heterocycles. The number of nitrogens with zero attached hydrogens (tertiary/aromatic N) is 1. The van der Waals surface area contributed by atoms with Crippen LogP contribution in [0.5, 0.6) is 0 Å². The Morgan fingerprint density at radius 2 is 1.57 bits per heavy atom. The van der Waals surface area contributed by atoms with Gasteiger partial charge in [0.15, 0.2) is 0 Å². The third-order valence-corrected chi connectivity index (χ3v) is 2.83. The predicted octanol–water partition coefficient (Wildman–Crippen LogP) is 1.09. The van der Waals surface area contributed by atoms with Crippen molar-refractivity contribution in [3.8, 4) is 0 Å². The zero-order valence-corrected chi connectivity index (χ0v) is 10.1. The molecule has 0 aromatic heterocycles. The maximum Gasteiger partial charge on any atom is 0.0549 e. The smallest absolute Gasteiger partial charge is 0.0549 e. The Bertz CT molecular complexity index is 148. The molecule has 14 heavy (non-hydrogen) atoms. The van der Waals surface area contributed by atoms with Gasteiger partial charge >= 0.3 is 0 Å². The lowest BCUT2D eigenvalue weighted by Gasteiger charge is -2.29. The molecule has 4 atom stereocenters. The zero-order valence-electron chi connectivity index (χ0n) is 10.1. The van der Waals surface area contributed by atoms with E-state index in [1.165, 1.54) is 0 Å². The van der Waals surface area contributed by atoms with Gasteiger partial charge in [0.05, 0.1) is 12.2 Å². The maximum absolute atomic E-state index is 9.36. The van der Waals surface area contributed by atoms with Crippen LogP contribution >= 0.6 is 0 Å². The standard InChI is InChI=1S/C11H25NO2/c1-8(11(4)14)7-12(5)9(2)6-10(3)13/h8-11,13-14H,6-7H2,1-5H3. The van der Waals surface area contributed by atoms with Gasteiger partial charge < -0.3 is 15.1 Å². The number of hydrogen-bond donors (Lipinski definition) is 2. The van der Waals surface area contributed by atoms with Crippen molar-refractivity contribution in [2.75, 3.05) is 13.6 Å². The van der Waals surface area contributed by atoms with E-state index in [2.05, 4.69) is 11.8 Å². The largest absolute Gasteiger partial charge is 0.393 e. The third-order valence-electron chi connectivity index (χ3n) is 2.83. The van der Waals surface area contributed by atoms with E-state index in [-0.39, 0.29) is 18.1 Å². The summed E-state index contributed by atoms with van der Waals surface area (Å²) in [6, 6.07) is 0.358. The quantitative estimate of drug-likeness (QED) is 0.679. The van der Waals surface area contributed by atoms with Crippen LogP contribution in [-0.4, -0.2) is 47.0 Å². The van der Waals surface area contributed by atoms with E-state index in [9.17, 15) is 10.2 Å². The lowest BCUT2D eigenvalue weighted by molar-refractivity contribution is 0.0839. The van der Waals surface area contributed by atoms with Crippen LogP contribution < -0.4 is 0 Å². The lowest BCUT2D eigenvalue weighted by Crippen LogP contribution is -2.37. The van der Waals surface area contributed by atoms with Crippen molar-refractivity contribution < 1.29 is 10.2 Å². The normalized spacial score (nSPS) is 20.6. The van der Waals surface area contributed by atoms with Gasteiger partial charge in [0.2, 0.25) is 0 Å². The molecule has 3 heteroatoms.